The number of carbonyl (C=O) groups is 3. The highest BCUT2D eigenvalue weighted by molar-refractivity contribution is 6.08. The van der Waals surface area contributed by atoms with E-state index in [2.05, 4.69) is 28.8 Å². The van der Waals surface area contributed by atoms with Crippen molar-refractivity contribution < 1.29 is 19.5 Å². The Balaban J connectivity index is 0.000000172. The number of nitrogens with one attached hydrogen (secondary N) is 2. The summed E-state index contributed by atoms with van der Waals surface area (Å²) in [6, 6.07) is 53.3. The van der Waals surface area contributed by atoms with E-state index in [9.17, 15) is 19.5 Å². The van der Waals surface area contributed by atoms with Gasteiger partial charge >= 0.3 is 5.97 Å². The van der Waals surface area contributed by atoms with E-state index in [4.69, 9.17) is 0 Å². The van der Waals surface area contributed by atoms with Gasteiger partial charge in [0.15, 0.2) is 0 Å². The van der Waals surface area contributed by atoms with Crippen LogP contribution in [0.5, 0.6) is 0 Å². The first-order valence-electron chi connectivity index (χ1n) is 18.0. The van der Waals surface area contributed by atoms with Gasteiger partial charge in [-0.25, -0.2) is 4.79 Å². The van der Waals surface area contributed by atoms with Crippen LogP contribution in [0, 0.1) is 6.92 Å². The third-order valence-corrected chi connectivity index (χ3v) is 9.26. The molecule has 8 heteroatoms. The molecule has 0 aliphatic rings. The average molecular weight is 735 g/mol. The second-order valence-electron chi connectivity index (χ2n) is 13.0. The number of rotatable bonds is 9. The van der Waals surface area contributed by atoms with Gasteiger partial charge < -0.3 is 24.9 Å². The van der Waals surface area contributed by atoms with Gasteiger partial charge in [0.1, 0.15) is 0 Å². The number of carboxylic acids is 1. The molecular weight excluding hydrogens is 697 g/mol. The number of anilines is 2. The molecule has 3 N–H and O–H groups in total. The molecule has 56 heavy (non-hydrogen) atoms. The molecule has 0 fully saturated rings. The summed E-state index contributed by atoms with van der Waals surface area (Å²) in [7, 11) is 0. The molecule has 0 radical (unpaired) electrons. The lowest BCUT2D eigenvalue weighted by atomic mass is 10.0. The first kappa shape index (κ1) is 36.6. The summed E-state index contributed by atoms with van der Waals surface area (Å²) in [5.74, 6) is -1.57. The fourth-order valence-electron chi connectivity index (χ4n) is 6.18. The first-order chi connectivity index (χ1) is 27.3. The van der Waals surface area contributed by atoms with Crippen molar-refractivity contribution in [2.75, 3.05) is 10.6 Å². The molecular formula is C48H38N4O4. The van der Waals surface area contributed by atoms with Crippen molar-refractivity contribution in [3.8, 4) is 33.6 Å². The average Bonchev–Trinajstić information content (AvgIpc) is 3.99. The summed E-state index contributed by atoms with van der Waals surface area (Å²) in [4.78, 5) is 37.0. The lowest BCUT2D eigenvalue weighted by Crippen LogP contribution is -2.15. The van der Waals surface area contributed by atoms with E-state index in [-0.39, 0.29) is 23.1 Å². The smallest absolute Gasteiger partial charge is 0.337 e. The Morgan fingerprint density at radius 2 is 0.857 bits per heavy atom. The molecule has 8 rings (SSSR count). The molecule has 6 aromatic carbocycles. The lowest BCUT2D eigenvalue weighted by molar-refractivity contribution is 0.0697. The lowest BCUT2D eigenvalue weighted by Gasteiger charge is -2.12. The molecule has 2 heterocycles. The van der Waals surface area contributed by atoms with E-state index in [1.165, 1.54) is 6.07 Å². The molecule has 0 atom stereocenters. The van der Waals surface area contributed by atoms with Crippen molar-refractivity contribution >= 4 is 29.2 Å². The van der Waals surface area contributed by atoms with Crippen LogP contribution in [-0.4, -0.2) is 32.0 Å². The zero-order valence-corrected chi connectivity index (χ0v) is 30.5. The molecule has 0 spiro atoms. The van der Waals surface area contributed by atoms with Crippen molar-refractivity contribution in [1.82, 2.24) is 9.13 Å². The molecule has 8 nitrogen and oxygen atoms in total. The molecule has 0 aliphatic carbocycles. The van der Waals surface area contributed by atoms with Crippen LogP contribution in [0.3, 0.4) is 0 Å². The molecule has 0 unspecified atom stereocenters. The summed E-state index contributed by atoms with van der Waals surface area (Å²) < 4.78 is 3.95. The molecule has 0 aliphatic heterocycles. The molecule has 8 aromatic rings. The number of hydrogen-bond donors (Lipinski definition) is 3. The van der Waals surface area contributed by atoms with Gasteiger partial charge in [-0.15, -0.1) is 0 Å². The topological polar surface area (TPSA) is 105 Å². The predicted octanol–water partition coefficient (Wildman–Crippen LogP) is 10.8. The van der Waals surface area contributed by atoms with E-state index in [0.29, 0.717) is 11.1 Å². The second kappa shape index (κ2) is 17.0. The fraction of sp³-hybridized carbons (Fsp3) is 0.0208. The molecule has 274 valence electrons. The second-order valence-corrected chi connectivity index (χ2v) is 13.0. The van der Waals surface area contributed by atoms with E-state index >= 15 is 0 Å². The molecule has 2 aromatic heterocycles. The number of carbonyl (C=O) groups excluding carboxylic acids is 2. The number of aromatic nitrogens is 2. The van der Waals surface area contributed by atoms with Gasteiger partial charge in [0.25, 0.3) is 11.8 Å². The Hall–Kier alpha value is -7.71. The van der Waals surface area contributed by atoms with Crippen molar-refractivity contribution in [1.29, 1.82) is 0 Å². The van der Waals surface area contributed by atoms with Gasteiger partial charge in [-0.1, -0.05) is 78.9 Å². The summed E-state index contributed by atoms with van der Waals surface area (Å²) in [6.45, 7) is 2.00. The van der Waals surface area contributed by atoms with Crippen molar-refractivity contribution in [2.24, 2.45) is 0 Å². The maximum atomic E-state index is 12.7. The Morgan fingerprint density at radius 1 is 0.446 bits per heavy atom. The molecule has 0 saturated carbocycles. The third-order valence-electron chi connectivity index (χ3n) is 9.26. The van der Waals surface area contributed by atoms with Gasteiger partial charge in [-0.05, 0) is 126 Å². The van der Waals surface area contributed by atoms with Crippen molar-refractivity contribution in [2.45, 2.75) is 6.92 Å². The number of nitrogens with zero attached hydrogens (tertiary/aromatic N) is 2. The van der Waals surface area contributed by atoms with Crippen LogP contribution in [0.15, 0.2) is 195 Å². The highest BCUT2D eigenvalue weighted by atomic mass is 16.4. The number of hydrogen-bond acceptors (Lipinski definition) is 3. The van der Waals surface area contributed by atoms with Crippen LogP contribution in [0.2, 0.25) is 0 Å². The Labute approximate surface area is 325 Å². The predicted molar refractivity (Wildman–Crippen MR) is 223 cm³/mol. The summed E-state index contributed by atoms with van der Waals surface area (Å²) in [6.07, 6.45) is 7.80. The quantitative estimate of drug-likeness (QED) is 0.137. The number of amides is 2. The summed E-state index contributed by atoms with van der Waals surface area (Å²) in [5, 5.41) is 15.3. The van der Waals surface area contributed by atoms with Crippen LogP contribution in [-0.2, 0) is 0 Å². The van der Waals surface area contributed by atoms with Gasteiger partial charge in [-0.2, -0.15) is 0 Å². The third kappa shape index (κ3) is 8.73. The van der Waals surface area contributed by atoms with E-state index in [0.717, 1.165) is 44.9 Å². The maximum absolute atomic E-state index is 12.7. The number of aromatic carboxylic acids is 1. The van der Waals surface area contributed by atoms with Gasteiger partial charge in [0.2, 0.25) is 0 Å². The van der Waals surface area contributed by atoms with Crippen LogP contribution in [0.25, 0.3) is 33.6 Å². The van der Waals surface area contributed by atoms with Gasteiger partial charge in [0.05, 0.1) is 11.3 Å². The van der Waals surface area contributed by atoms with Crippen LogP contribution >= 0.6 is 0 Å². The SMILES string of the molecule is Cc1ccc(-c2ccccc2)cc1NC(=O)c1ccc(-n2cccc2)cc1.O=C(Nc1cc(-c2ccccc2)ccc1C(=O)O)c1ccc(-n2cccc2)cc1. The minimum atomic E-state index is -1.09. The minimum Gasteiger partial charge on any atom is -0.478 e. The Bertz CT molecular complexity index is 2560. The number of aryl methyl sites for hydroxylation is 1. The molecule has 0 saturated heterocycles. The van der Waals surface area contributed by atoms with E-state index in [1.54, 1.807) is 24.3 Å². The Morgan fingerprint density at radius 3 is 1.30 bits per heavy atom. The zero-order valence-electron chi connectivity index (χ0n) is 30.5. The Kier molecular flexibility index (Phi) is 11.1. The largest absolute Gasteiger partial charge is 0.478 e. The minimum absolute atomic E-state index is 0.0435. The van der Waals surface area contributed by atoms with Crippen LogP contribution in [0.4, 0.5) is 11.4 Å². The summed E-state index contributed by atoms with van der Waals surface area (Å²) in [5.41, 5.74) is 9.19. The summed E-state index contributed by atoms with van der Waals surface area (Å²) >= 11 is 0. The van der Waals surface area contributed by atoms with Crippen LogP contribution < -0.4 is 10.6 Å². The monoisotopic (exact) mass is 734 g/mol. The number of carboxylic acid groups (broad SMARTS) is 1. The highest BCUT2D eigenvalue weighted by Crippen LogP contribution is 2.28. The fourth-order valence-corrected chi connectivity index (χ4v) is 6.18. The standard InChI is InChI=1S/C24H18N2O3.C24H20N2O/c27-23(18-8-11-20(12-9-18)26-14-4-5-15-26)25-22-16-19(10-13-21(22)24(28)29)17-6-2-1-3-7-17;1-18-9-10-21(19-7-3-2-4-8-19)17-23(18)25-24(27)20-11-13-22(14-12-20)26-15-5-6-16-26/h1-16H,(H,25,27)(H,28,29);2-17H,1H3,(H,25,27). The zero-order chi connectivity index (χ0) is 38.9. The molecule has 2 amide bonds. The van der Waals surface area contributed by atoms with E-state index < -0.39 is 5.97 Å². The maximum Gasteiger partial charge on any atom is 0.337 e. The highest BCUT2D eigenvalue weighted by Gasteiger charge is 2.15. The normalized spacial score (nSPS) is 10.5. The van der Waals surface area contributed by atoms with Crippen LogP contribution in [0.1, 0.15) is 36.6 Å². The van der Waals surface area contributed by atoms with Gasteiger partial charge in [0, 0.05) is 53.0 Å². The van der Waals surface area contributed by atoms with E-state index in [1.807, 2.05) is 162 Å². The number of benzene rings is 6. The molecule has 0 bridgehead atoms. The van der Waals surface area contributed by atoms with Crippen molar-refractivity contribution in [3.63, 3.8) is 0 Å². The van der Waals surface area contributed by atoms with Crippen molar-refractivity contribution in [3.05, 3.63) is 217 Å². The van der Waals surface area contributed by atoms with Gasteiger partial charge in [-0.3, -0.25) is 9.59 Å². The first-order valence-corrected chi connectivity index (χ1v) is 18.0.